The first-order valence-electron chi connectivity index (χ1n) is 9.39. The van der Waals surface area contributed by atoms with Gasteiger partial charge in [-0.1, -0.05) is 19.8 Å². The van der Waals surface area contributed by atoms with Gasteiger partial charge in [0.2, 0.25) is 0 Å². The van der Waals surface area contributed by atoms with Gasteiger partial charge in [-0.25, -0.2) is 4.98 Å². The Hall–Kier alpha value is -0.410. The Morgan fingerprint density at radius 3 is 2.84 bits per heavy atom. The third-order valence-electron chi connectivity index (χ3n) is 5.17. The third-order valence-corrected chi connectivity index (χ3v) is 6.21. The van der Waals surface area contributed by atoms with Crippen LogP contribution in [0.5, 0.6) is 0 Å². The van der Waals surface area contributed by atoms with Crippen LogP contribution in [0.1, 0.15) is 49.7 Å². The van der Waals surface area contributed by atoms with Crippen molar-refractivity contribution in [1.29, 1.82) is 0 Å². The van der Waals surface area contributed by atoms with Gasteiger partial charge in [-0.15, -0.1) is 35.3 Å². The lowest BCUT2D eigenvalue weighted by Crippen LogP contribution is -2.44. The van der Waals surface area contributed by atoms with E-state index < -0.39 is 0 Å². The first-order chi connectivity index (χ1) is 11.8. The zero-order chi connectivity index (χ0) is 16.8. The van der Waals surface area contributed by atoms with Crippen molar-refractivity contribution in [3.63, 3.8) is 0 Å². The minimum Gasteiger partial charge on any atom is -0.352 e. The molecule has 7 heteroatoms. The molecule has 0 aromatic carbocycles. The molecule has 0 amide bonds. The predicted octanol–water partition coefficient (Wildman–Crippen LogP) is 3.25. The maximum atomic E-state index is 4.60. The van der Waals surface area contributed by atoms with Crippen LogP contribution in [0.15, 0.2) is 10.4 Å². The molecular formula is C18H32IN5S. The van der Waals surface area contributed by atoms with Crippen LogP contribution in [0.4, 0.5) is 0 Å². The molecule has 2 fully saturated rings. The van der Waals surface area contributed by atoms with Crippen LogP contribution in [-0.4, -0.2) is 48.6 Å². The Bertz CT molecular complexity index is 541. The number of nitrogens with one attached hydrogen (secondary N) is 2. The zero-order valence-electron chi connectivity index (χ0n) is 15.5. The summed E-state index contributed by atoms with van der Waals surface area (Å²) < 4.78 is 0. The van der Waals surface area contributed by atoms with E-state index in [9.17, 15) is 0 Å². The van der Waals surface area contributed by atoms with E-state index >= 15 is 0 Å². The third kappa shape index (κ3) is 6.36. The van der Waals surface area contributed by atoms with Gasteiger partial charge in [-0.05, 0) is 31.6 Å². The number of guanidine groups is 1. The number of rotatable bonds is 6. The highest BCUT2D eigenvalue weighted by atomic mass is 127. The molecule has 1 unspecified atom stereocenters. The Balaban J connectivity index is 0.00000225. The lowest BCUT2D eigenvalue weighted by Gasteiger charge is -2.21. The molecule has 2 N–H and O–H groups in total. The van der Waals surface area contributed by atoms with Gasteiger partial charge in [0.05, 0.1) is 17.2 Å². The van der Waals surface area contributed by atoms with Crippen molar-refractivity contribution < 1.29 is 0 Å². The molecular weight excluding hydrogens is 445 g/mol. The number of aromatic nitrogens is 1. The molecule has 1 aromatic heterocycles. The van der Waals surface area contributed by atoms with Gasteiger partial charge in [-0.2, -0.15) is 0 Å². The Kier molecular flexibility index (Phi) is 8.92. The summed E-state index contributed by atoms with van der Waals surface area (Å²) in [6.45, 7) is 6.55. The lowest BCUT2D eigenvalue weighted by molar-refractivity contribution is 0.275. The molecule has 1 saturated carbocycles. The molecule has 0 spiro atoms. The SMILES string of the molecule is CCc1nc(CNC(=NC)NC2CCN(CC3CCCC3)C2)cs1.I. The zero-order valence-corrected chi connectivity index (χ0v) is 18.6. The van der Waals surface area contributed by atoms with Crippen LogP contribution in [-0.2, 0) is 13.0 Å². The molecule has 25 heavy (non-hydrogen) atoms. The van der Waals surface area contributed by atoms with Crippen molar-refractivity contribution in [2.45, 2.75) is 58.0 Å². The van der Waals surface area contributed by atoms with E-state index in [1.165, 1.54) is 50.2 Å². The summed E-state index contributed by atoms with van der Waals surface area (Å²) in [7, 11) is 1.85. The fraction of sp³-hybridized carbons (Fsp3) is 0.778. The standard InChI is InChI=1S/C18H31N5S.HI/c1-3-17-21-16(13-24-17)10-20-18(19-2)22-15-8-9-23(12-15)11-14-6-4-5-7-14;/h13-15H,3-12H2,1-2H3,(H2,19,20,22);1H. The lowest BCUT2D eigenvalue weighted by atomic mass is 10.1. The molecule has 2 heterocycles. The van der Waals surface area contributed by atoms with Crippen molar-refractivity contribution in [2.24, 2.45) is 10.9 Å². The Morgan fingerprint density at radius 2 is 2.16 bits per heavy atom. The Labute approximate surface area is 173 Å². The molecule has 1 atom stereocenters. The average molecular weight is 477 g/mol. The van der Waals surface area contributed by atoms with Gasteiger partial charge in [-0.3, -0.25) is 4.99 Å². The van der Waals surface area contributed by atoms with Crippen LogP contribution in [0.25, 0.3) is 0 Å². The van der Waals surface area contributed by atoms with Gasteiger partial charge in [0.25, 0.3) is 0 Å². The smallest absolute Gasteiger partial charge is 0.191 e. The second-order valence-corrected chi connectivity index (χ2v) is 7.99. The van der Waals surface area contributed by atoms with E-state index in [2.05, 4.69) is 37.8 Å². The van der Waals surface area contributed by atoms with E-state index in [1.54, 1.807) is 11.3 Å². The van der Waals surface area contributed by atoms with E-state index in [1.807, 2.05) is 7.05 Å². The summed E-state index contributed by atoms with van der Waals surface area (Å²) in [5, 5.41) is 10.3. The van der Waals surface area contributed by atoms with Crippen molar-refractivity contribution in [3.05, 3.63) is 16.1 Å². The highest BCUT2D eigenvalue weighted by Crippen LogP contribution is 2.26. The largest absolute Gasteiger partial charge is 0.352 e. The van der Waals surface area contributed by atoms with Gasteiger partial charge < -0.3 is 15.5 Å². The average Bonchev–Trinajstić information content (AvgIpc) is 3.34. The fourth-order valence-electron chi connectivity index (χ4n) is 3.83. The van der Waals surface area contributed by atoms with E-state index in [0.717, 1.165) is 37.1 Å². The highest BCUT2D eigenvalue weighted by Gasteiger charge is 2.26. The second kappa shape index (κ2) is 10.7. The van der Waals surface area contributed by atoms with Crippen molar-refractivity contribution in [2.75, 3.05) is 26.7 Å². The number of halogens is 1. The number of hydrogen-bond acceptors (Lipinski definition) is 4. The number of hydrogen-bond donors (Lipinski definition) is 2. The van der Waals surface area contributed by atoms with Crippen LogP contribution >= 0.6 is 35.3 Å². The molecule has 3 rings (SSSR count). The number of likely N-dealkylation sites (tertiary alicyclic amines) is 1. The molecule has 5 nitrogen and oxygen atoms in total. The minimum atomic E-state index is 0. The summed E-state index contributed by atoms with van der Waals surface area (Å²) in [4.78, 5) is 11.6. The highest BCUT2D eigenvalue weighted by molar-refractivity contribution is 14.0. The predicted molar refractivity (Wildman–Crippen MR) is 117 cm³/mol. The van der Waals surface area contributed by atoms with Gasteiger partial charge in [0.1, 0.15) is 0 Å². The fourth-order valence-corrected chi connectivity index (χ4v) is 4.57. The van der Waals surface area contributed by atoms with Crippen LogP contribution in [0.2, 0.25) is 0 Å². The summed E-state index contributed by atoms with van der Waals surface area (Å²) >= 11 is 1.74. The number of aryl methyl sites for hydroxylation is 1. The van der Waals surface area contributed by atoms with E-state index in [4.69, 9.17) is 0 Å². The van der Waals surface area contributed by atoms with Crippen LogP contribution in [0.3, 0.4) is 0 Å². The van der Waals surface area contributed by atoms with Gasteiger partial charge in [0.15, 0.2) is 5.96 Å². The van der Waals surface area contributed by atoms with E-state index in [-0.39, 0.29) is 24.0 Å². The van der Waals surface area contributed by atoms with Crippen LogP contribution < -0.4 is 10.6 Å². The maximum Gasteiger partial charge on any atom is 0.191 e. The normalized spacial score (nSPS) is 22.2. The second-order valence-electron chi connectivity index (χ2n) is 7.05. The molecule has 0 radical (unpaired) electrons. The molecule has 1 aliphatic carbocycles. The molecule has 1 saturated heterocycles. The molecule has 0 bridgehead atoms. The minimum absolute atomic E-state index is 0. The molecule has 2 aliphatic rings. The monoisotopic (exact) mass is 477 g/mol. The quantitative estimate of drug-likeness (QED) is 0.375. The van der Waals surface area contributed by atoms with Crippen LogP contribution in [0, 0.1) is 5.92 Å². The van der Waals surface area contributed by atoms with Crippen molar-refractivity contribution in [3.8, 4) is 0 Å². The number of aliphatic imine (C=N–C) groups is 1. The van der Waals surface area contributed by atoms with Gasteiger partial charge in [0, 0.05) is 38.1 Å². The van der Waals surface area contributed by atoms with Crippen molar-refractivity contribution in [1.82, 2.24) is 20.5 Å². The maximum absolute atomic E-state index is 4.60. The Morgan fingerprint density at radius 1 is 1.36 bits per heavy atom. The number of nitrogens with zero attached hydrogens (tertiary/aromatic N) is 3. The molecule has 1 aromatic rings. The molecule has 142 valence electrons. The van der Waals surface area contributed by atoms with E-state index in [0.29, 0.717) is 6.04 Å². The first-order valence-corrected chi connectivity index (χ1v) is 10.3. The molecule has 1 aliphatic heterocycles. The van der Waals surface area contributed by atoms with Gasteiger partial charge >= 0.3 is 0 Å². The van der Waals surface area contributed by atoms with Crippen molar-refractivity contribution >= 4 is 41.3 Å². The summed E-state index contributed by atoms with van der Waals surface area (Å²) in [5.74, 6) is 1.84. The summed E-state index contributed by atoms with van der Waals surface area (Å²) in [6, 6.07) is 0.513. The topological polar surface area (TPSA) is 52.6 Å². The summed E-state index contributed by atoms with van der Waals surface area (Å²) in [6.07, 6.45) is 7.97. The summed E-state index contributed by atoms with van der Waals surface area (Å²) in [5.41, 5.74) is 1.11. The number of thiazole rings is 1. The first kappa shape index (κ1) is 20.9.